The van der Waals surface area contributed by atoms with Gasteiger partial charge in [-0.3, -0.25) is 0 Å². The molecular formula is C25H20F7N3O2S. The van der Waals surface area contributed by atoms with E-state index in [9.17, 15) is 40.0 Å². The molecule has 202 valence electrons. The van der Waals surface area contributed by atoms with Gasteiger partial charge in [0.25, 0.3) is 0 Å². The molecule has 5 rings (SSSR count). The van der Waals surface area contributed by atoms with Gasteiger partial charge in [-0.2, -0.15) is 36.3 Å². The Hall–Kier alpha value is -3.11. The first-order valence-electron chi connectivity index (χ1n) is 11.6. The number of hydrogen-bond donors (Lipinski definition) is 1. The van der Waals surface area contributed by atoms with E-state index in [0.29, 0.717) is 18.9 Å². The summed E-state index contributed by atoms with van der Waals surface area (Å²) in [6.45, 7) is -0.0913. The molecular weight excluding hydrogens is 539 g/mol. The minimum absolute atomic E-state index is 0.0465. The first kappa shape index (κ1) is 26.5. The summed E-state index contributed by atoms with van der Waals surface area (Å²) in [6.07, 6.45) is -7.58. The van der Waals surface area contributed by atoms with Gasteiger partial charge in [-0.15, -0.1) is 0 Å². The van der Waals surface area contributed by atoms with Crippen LogP contribution in [-0.2, 0) is 22.7 Å². The molecule has 2 aromatic carbocycles. The zero-order chi connectivity index (χ0) is 27.7. The Morgan fingerprint density at radius 3 is 2.29 bits per heavy atom. The highest BCUT2D eigenvalue weighted by Crippen LogP contribution is 2.48. The van der Waals surface area contributed by atoms with Crippen molar-refractivity contribution >= 4 is 20.9 Å². The van der Waals surface area contributed by atoms with Crippen LogP contribution in [0.2, 0.25) is 0 Å². The molecule has 3 aromatic rings. The van der Waals surface area contributed by atoms with E-state index >= 15 is 4.39 Å². The van der Waals surface area contributed by atoms with Crippen molar-refractivity contribution in [2.45, 2.75) is 55.9 Å². The van der Waals surface area contributed by atoms with E-state index < -0.39 is 67.2 Å². The Bertz CT molecular complexity index is 1560. The Balaban J connectivity index is 1.72. The average molecular weight is 560 g/mol. The first-order chi connectivity index (χ1) is 17.7. The number of fused-ring (bicyclic) bond motifs is 1. The van der Waals surface area contributed by atoms with Gasteiger partial charge in [-0.1, -0.05) is 18.2 Å². The fraction of sp³-hybridized carbons (Fsp3) is 0.400. The van der Waals surface area contributed by atoms with Gasteiger partial charge in [0.1, 0.15) is 11.9 Å². The van der Waals surface area contributed by atoms with E-state index in [1.807, 2.05) is 0 Å². The number of nitrogens with one attached hydrogen (secondary N) is 1. The summed E-state index contributed by atoms with van der Waals surface area (Å²) in [5, 5.41) is 8.26. The topological polar surface area (TPSA) is 74.9 Å². The normalized spacial score (nSPS) is 18.4. The van der Waals surface area contributed by atoms with Crippen LogP contribution in [0.5, 0.6) is 0 Å². The number of rotatable bonds is 7. The second-order valence-electron chi connectivity index (χ2n) is 9.83. The van der Waals surface area contributed by atoms with Gasteiger partial charge in [-0.25, -0.2) is 12.8 Å². The van der Waals surface area contributed by atoms with Crippen LogP contribution in [0, 0.1) is 22.6 Å². The molecule has 0 unspecified atom stereocenters. The SMILES string of the molecule is N#CC1(Cn2cc([C@H](NS(=O)(=O)C3CC3)C(F)(F)F)c3cc(F)c(-c4ccccc4C(F)(F)F)cc32)CC1. The smallest absolute Gasteiger partial charge is 0.345 e. The molecule has 38 heavy (non-hydrogen) atoms. The van der Waals surface area contributed by atoms with Crippen molar-refractivity contribution in [3.63, 3.8) is 0 Å². The van der Waals surface area contributed by atoms with E-state index in [4.69, 9.17) is 0 Å². The molecule has 2 saturated carbocycles. The molecule has 2 fully saturated rings. The Morgan fingerprint density at radius 1 is 1.08 bits per heavy atom. The van der Waals surface area contributed by atoms with Gasteiger partial charge >= 0.3 is 12.4 Å². The molecule has 1 heterocycles. The summed E-state index contributed by atoms with van der Waals surface area (Å²) in [6, 6.07) is 5.34. The van der Waals surface area contributed by atoms with Gasteiger partial charge in [0, 0.05) is 34.8 Å². The third-order valence-corrected chi connectivity index (χ3v) is 8.88. The van der Waals surface area contributed by atoms with E-state index in [1.54, 1.807) is 4.72 Å². The highest BCUT2D eigenvalue weighted by molar-refractivity contribution is 7.90. The Kier molecular flexibility index (Phi) is 6.07. The van der Waals surface area contributed by atoms with Crippen molar-refractivity contribution in [2.75, 3.05) is 0 Å². The standard InChI is InChI=1S/C25H20F7N3O2S/c26-20-9-17-18(22(25(30,31)32)34-38(36,37)14-5-6-14)11-35(13-23(12-33)7-8-23)21(17)10-16(20)15-3-1-2-4-19(15)24(27,28)29/h1-4,9-11,14,22,34H,5-8,13H2/t22-/m0/s1. The van der Waals surface area contributed by atoms with Crippen LogP contribution < -0.4 is 4.72 Å². The summed E-state index contributed by atoms with van der Waals surface area (Å²) >= 11 is 0. The molecule has 0 bridgehead atoms. The number of sulfonamides is 1. The molecule has 0 amide bonds. The number of halogens is 7. The van der Waals surface area contributed by atoms with Crippen LogP contribution in [0.15, 0.2) is 42.6 Å². The van der Waals surface area contributed by atoms with Crippen LogP contribution in [0.3, 0.4) is 0 Å². The zero-order valence-electron chi connectivity index (χ0n) is 19.5. The number of alkyl halides is 6. The quantitative estimate of drug-likeness (QED) is 0.338. The van der Waals surface area contributed by atoms with Crippen molar-refractivity contribution < 1.29 is 39.2 Å². The van der Waals surface area contributed by atoms with Gasteiger partial charge in [0.2, 0.25) is 10.0 Å². The van der Waals surface area contributed by atoms with Crippen LogP contribution in [-0.4, -0.2) is 24.4 Å². The monoisotopic (exact) mass is 559 g/mol. The second kappa shape index (κ2) is 8.71. The highest BCUT2D eigenvalue weighted by atomic mass is 32.2. The van der Waals surface area contributed by atoms with Gasteiger partial charge in [-0.05, 0) is 49.4 Å². The van der Waals surface area contributed by atoms with Crippen molar-refractivity contribution in [1.82, 2.24) is 9.29 Å². The van der Waals surface area contributed by atoms with Gasteiger partial charge < -0.3 is 4.57 Å². The minimum atomic E-state index is -5.11. The lowest BCUT2D eigenvalue weighted by Crippen LogP contribution is -2.39. The van der Waals surface area contributed by atoms with Crippen molar-refractivity contribution in [2.24, 2.45) is 5.41 Å². The van der Waals surface area contributed by atoms with E-state index in [2.05, 4.69) is 6.07 Å². The predicted molar refractivity (Wildman–Crippen MR) is 123 cm³/mol. The maximum Gasteiger partial charge on any atom is 0.417 e. The summed E-state index contributed by atoms with van der Waals surface area (Å²) in [5.41, 5.74) is -3.65. The summed E-state index contributed by atoms with van der Waals surface area (Å²) in [5.74, 6) is -1.21. The third-order valence-electron chi connectivity index (χ3n) is 6.97. The molecule has 2 aliphatic rings. The maximum atomic E-state index is 15.4. The van der Waals surface area contributed by atoms with Gasteiger partial charge in [0.05, 0.1) is 22.3 Å². The van der Waals surface area contributed by atoms with E-state index in [-0.39, 0.29) is 30.3 Å². The Morgan fingerprint density at radius 2 is 1.74 bits per heavy atom. The lowest BCUT2D eigenvalue weighted by Gasteiger charge is -2.21. The lowest BCUT2D eigenvalue weighted by atomic mass is 9.96. The van der Waals surface area contributed by atoms with Crippen molar-refractivity contribution in [3.8, 4) is 17.2 Å². The maximum absolute atomic E-state index is 15.4. The number of nitrogens with zero attached hydrogens (tertiary/aromatic N) is 2. The predicted octanol–water partition coefficient (Wildman–Crippen LogP) is 6.46. The first-order valence-corrected chi connectivity index (χ1v) is 13.2. The fourth-order valence-corrected chi connectivity index (χ4v) is 6.14. The largest absolute Gasteiger partial charge is 0.417 e. The van der Waals surface area contributed by atoms with Crippen LogP contribution >= 0.6 is 0 Å². The summed E-state index contributed by atoms with van der Waals surface area (Å²) in [7, 11) is -4.34. The fourth-order valence-electron chi connectivity index (χ4n) is 4.60. The minimum Gasteiger partial charge on any atom is -0.345 e. The average Bonchev–Trinajstić information content (AvgIpc) is 3.75. The molecule has 13 heteroatoms. The molecule has 5 nitrogen and oxygen atoms in total. The molecule has 0 saturated heterocycles. The van der Waals surface area contributed by atoms with Crippen LogP contribution in [0.25, 0.3) is 22.0 Å². The number of aromatic nitrogens is 1. The van der Waals surface area contributed by atoms with E-state index in [1.165, 1.54) is 10.6 Å². The summed E-state index contributed by atoms with van der Waals surface area (Å²) < 4.78 is 127. The third kappa shape index (κ3) is 4.87. The molecule has 1 atom stereocenters. The molecule has 0 radical (unpaired) electrons. The van der Waals surface area contributed by atoms with Crippen molar-refractivity contribution in [1.29, 1.82) is 5.26 Å². The number of nitriles is 1. The van der Waals surface area contributed by atoms with Gasteiger partial charge in [0.15, 0.2) is 0 Å². The van der Waals surface area contributed by atoms with Crippen LogP contribution in [0.4, 0.5) is 30.7 Å². The number of hydrogen-bond acceptors (Lipinski definition) is 3. The van der Waals surface area contributed by atoms with Crippen LogP contribution in [0.1, 0.15) is 42.9 Å². The summed E-state index contributed by atoms with van der Waals surface area (Å²) in [4.78, 5) is 0. The second-order valence-corrected chi connectivity index (χ2v) is 11.8. The molecule has 1 aromatic heterocycles. The number of benzene rings is 2. The molecule has 1 N–H and O–H groups in total. The Labute approximate surface area is 212 Å². The zero-order valence-corrected chi connectivity index (χ0v) is 20.3. The highest BCUT2D eigenvalue weighted by Gasteiger charge is 2.49. The lowest BCUT2D eigenvalue weighted by molar-refractivity contribution is -0.152. The molecule has 2 aliphatic carbocycles. The van der Waals surface area contributed by atoms with E-state index in [0.717, 1.165) is 30.5 Å². The van der Waals surface area contributed by atoms with Crippen molar-refractivity contribution in [3.05, 3.63) is 59.5 Å². The molecule has 0 aliphatic heterocycles. The molecule has 0 spiro atoms.